The van der Waals surface area contributed by atoms with Crippen LogP contribution in [0.4, 0.5) is 0 Å². The third-order valence-corrected chi connectivity index (χ3v) is 3.15. The van der Waals surface area contributed by atoms with E-state index in [0.29, 0.717) is 0 Å². The highest BCUT2D eigenvalue weighted by molar-refractivity contribution is 7.18. The Kier molecular flexibility index (Phi) is 2.26. The number of para-hydroxylation sites is 1. The van der Waals surface area contributed by atoms with Gasteiger partial charge in [0.05, 0.1) is 16.3 Å². The van der Waals surface area contributed by atoms with Gasteiger partial charge in [-0.3, -0.25) is 11.3 Å². The Labute approximate surface area is 80.6 Å². The largest absolute Gasteiger partial charge is 0.271 e. The van der Waals surface area contributed by atoms with Gasteiger partial charge in [-0.1, -0.05) is 12.1 Å². The second-order valence-corrected chi connectivity index (χ2v) is 3.97. The molecule has 0 aliphatic rings. The Morgan fingerprint density at radius 1 is 1.46 bits per heavy atom. The summed E-state index contributed by atoms with van der Waals surface area (Å²) < 4.78 is 1.21. The lowest BCUT2D eigenvalue weighted by Crippen LogP contribution is -2.25. The zero-order valence-electron chi connectivity index (χ0n) is 7.32. The molecule has 13 heavy (non-hydrogen) atoms. The maximum atomic E-state index is 5.34. The highest BCUT2D eigenvalue weighted by Gasteiger charge is 2.08. The number of benzene rings is 1. The monoisotopic (exact) mass is 193 g/mol. The third-order valence-electron chi connectivity index (χ3n) is 1.93. The first kappa shape index (κ1) is 8.62. The van der Waals surface area contributed by atoms with Gasteiger partial charge >= 0.3 is 0 Å². The van der Waals surface area contributed by atoms with E-state index >= 15 is 0 Å². The second kappa shape index (κ2) is 3.41. The maximum absolute atomic E-state index is 5.34. The smallest absolute Gasteiger partial charge is 0.112 e. The van der Waals surface area contributed by atoms with E-state index in [0.717, 1.165) is 10.5 Å². The minimum Gasteiger partial charge on any atom is -0.271 e. The molecule has 0 fully saturated rings. The van der Waals surface area contributed by atoms with Gasteiger partial charge in [0, 0.05) is 0 Å². The van der Waals surface area contributed by atoms with E-state index in [4.69, 9.17) is 5.84 Å². The van der Waals surface area contributed by atoms with Crippen molar-refractivity contribution >= 4 is 21.6 Å². The first-order valence-electron chi connectivity index (χ1n) is 4.13. The number of thiazole rings is 1. The molecular weight excluding hydrogens is 182 g/mol. The van der Waals surface area contributed by atoms with Gasteiger partial charge in [0.1, 0.15) is 5.01 Å². The zero-order chi connectivity index (χ0) is 9.26. The molecule has 0 aliphatic heterocycles. The number of nitrogens with zero attached hydrogens (tertiary/aromatic N) is 1. The van der Waals surface area contributed by atoms with Crippen molar-refractivity contribution in [3.63, 3.8) is 0 Å². The number of hydrazine groups is 1. The molecule has 0 radical (unpaired) electrons. The van der Waals surface area contributed by atoms with E-state index in [1.54, 1.807) is 11.3 Å². The summed E-state index contributed by atoms with van der Waals surface area (Å²) in [5, 5.41) is 1.03. The van der Waals surface area contributed by atoms with Gasteiger partial charge in [-0.25, -0.2) is 4.98 Å². The molecule has 0 unspecified atom stereocenters. The summed E-state index contributed by atoms with van der Waals surface area (Å²) >= 11 is 1.68. The molecule has 4 heteroatoms. The average Bonchev–Trinajstić information content (AvgIpc) is 2.59. The van der Waals surface area contributed by atoms with Crippen LogP contribution >= 0.6 is 11.3 Å². The van der Waals surface area contributed by atoms with E-state index in [2.05, 4.69) is 16.5 Å². The molecule has 68 valence electrons. The molecule has 0 amide bonds. The quantitative estimate of drug-likeness (QED) is 0.565. The predicted molar refractivity (Wildman–Crippen MR) is 55.4 cm³/mol. The van der Waals surface area contributed by atoms with Crippen LogP contribution in [0.15, 0.2) is 24.3 Å². The van der Waals surface area contributed by atoms with Gasteiger partial charge < -0.3 is 0 Å². The average molecular weight is 193 g/mol. The number of rotatable bonds is 2. The lowest BCUT2D eigenvalue weighted by Gasteiger charge is -2.03. The van der Waals surface area contributed by atoms with Gasteiger partial charge in [-0.2, -0.15) is 0 Å². The van der Waals surface area contributed by atoms with Crippen LogP contribution in [0.1, 0.15) is 18.0 Å². The summed E-state index contributed by atoms with van der Waals surface area (Å²) in [6.45, 7) is 2.00. The number of nitrogens with one attached hydrogen (secondary N) is 1. The summed E-state index contributed by atoms with van der Waals surface area (Å²) in [5.74, 6) is 5.34. The van der Waals surface area contributed by atoms with E-state index in [1.807, 2.05) is 25.1 Å². The molecule has 2 rings (SSSR count). The Balaban J connectivity index is 2.49. The van der Waals surface area contributed by atoms with Crippen LogP contribution in [0.2, 0.25) is 0 Å². The molecule has 1 aromatic carbocycles. The molecule has 2 aromatic rings. The molecule has 0 spiro atoms. The van der Waals surface area contributed by atoms with Crippen molar-refractivity contribution in [3.05, 3.63) is 29.3 Å². The third kappa shape index (κ3) is 1.56. The van der Waals surface area contributed by atoms with Crippen molar-refractivity contribution in [2.75, 3.05) is 0 Å². The van der Waals surface area contributed by atoms with Crippen LogP contribution in [-0.4, -0.2) is 4.98 Å². The molecule has 3 N–H and O–H groups in total. The summed E-state index contributed by atoms with van der Waals surface area (Å²) in [6.07, 6.45) is 0. The van der Waals surface area contributed by atoms with Crippen LogP contribution in [0.3, 0.4) is 0 Å². The van der Waals surface area contributed by atoms with Crippen molar-refractivity contribution in [2.24, 2.45) is 5.84 Å². The first-order chi connectivity index (χ1) is 6.31. The van der Waals surface area contributed by atoms with Crippen LogP contribution in [0.25, 0.3) is 10.2 Å². The fraction of sp³-hybridized carbons (Fsp3) is 0.222. The summed E-state index contributed by atoms with van der Waals surface area (Å²) in [6, 6.07) is 8.22. The van der Waals surface area contributed by atoms with E-state index < -0.39 is 0 Å². The zero-order valence-corrected chi connectivity index (χ0v) is 8.14. The molecule has 1 aromatic heterocycles. The van der Waals surface area contributed by atoms with E-state index in [-0.39, 0.29) is 6.04 Å². The first-order valence-corrected chi connectivity index (χ1v) is 4.94. The van der Waals surface area contributed by atoms with Crippen molar-refractivity contribution in [1.29, 1.82) is 0 Å². The van der Waals surface area contributed by atoms with E-state index in [9.17, 15) is 0 Å². The number of aromatic nitrogens is 1. The highest BCUT2D eigenvalue weighted by Crippen LogP contribution is 2.25. The van der Waals surface area contributed by atoms with Crippen LogP contribution in [-0.2, 0) is 0 Å². The SMILES string of the molecule is C[C@H](NN)c1nc2ccccc2s1. The van der Waals surface area contributed by atoms with Crippen LogP contribution in [0, 0.1) is 0 Å². The molecule has 1 atom stereocenters. The van der Waals surface area contributed by atoms with Crippen molar-refractivity contribution in [2.45, 2.75) is 13.0 Å². The second-order valence-electron chi connectivity index (χ2n) is 2.91. The van der Waals surface area contributed by atoms with Crippen molar-refractivity contribution in [3.8, 4) is 0 Å². The van der Waals surface area contributed by atoms with Gasteiger partial charge in [-0.05, 0) is 19.1 Å². The van der Waals surface area contributed by atoms with Crippen molar-refractivity contribution < 1.29 is 0 Å². The predicted octanol–water partition coefficient (Wildman–Crippen LogP) is 1.82. The molecule has 0 aliphatic carbocycles. The number of hydrogen-bond acceptors (Lipinski definition) is 4. The standard InChI is InChI=1S/C9H11N3S/c1-6(12-10)9-11-7-4-2-3-5-8(7)13-9/h2-6,12H,10H2,1H3/t6-/m0/s1. The number of hydrogen-bond donors (Lipinski definition) is 2. The molecular formula is C9H11N3S. The number of nitrogens with two attached hydrogens (primary N) is 1. The minimum absolute atomic E-state index is 0.123. The van der Waals surface area contributed by atoms with Gasteiger partial charge in [-0.15, -0.1) is 11.3 Å². The Bertz CT molecular complexity index is 377. The van der Waals surface area contributed by atoms with Crippen LogP contribution in [0.5, 0.6) is 0 Å². The summed E-state index contributed by atoms with van der Waals surface area (Å²) in [5.41, 5.74) is 3.74. The minimum atomic E-state index is 0.123. The normalized spacial score (nSPS) is 13.4. The summed E-state index contributed by atoms with van der Waals surface area (Å²) in [7, 11) is 0. The Morgan fingerprint density at radius 2 is 2.23 bits per heavy atom. The Hall–Kier alpha value is -0.970. The lowest BCUT2D eigenvalue weighted by molar-refractivity contribution is 0.600. The van der Waals surface area contributed by atoms with Gasteiger partial charge in [0.15, 0.2) is 0 Å². The molecule has 0 bridgehead atoms. The molecule has 0 saturated carbocycles. The summed E-state index contributed by atoms with van der Waals surface area (Å²) in [4.78, 5) is 4.46. The fourth-order valence-electron chi connectivity index (χ4n) is 1.15. The lowest BCUT2D eigenvalue weighted by atomic mass is 10.3. The van der Waals surface area contributed by atoms with Crippen molar-refractivity contribution in [1.82, 2.24) is 10.4 Å². The maximum Gasteiger partial charge on any atom is 0.112 e. The van der Waals surface area contributed by atoms with Gasteiger partial charge in [0.25, 0.3) is 0 Å². The van der Waals surface area contributed by atoms with Crippen LogP contribution < -0.4 is 11.3 Å². The topological polar surface area (TPSA) is 50.9 Å². The Morgan fingerprint density at radius 3 is 2.92 bits per heavy atom. The molecule has 0 saturated heterocycles. The molecule has 1 heterocycles. The highest BCUT2D eigenvalue weighted by atomic mass is 32.1. The van der Waals surface area contributed by atoms with Gasteiger partial charge in [0.2, 0.25) is 0 Å². The fourth-order valence-corrected chi connectivity index (χ4v) is 2.13. The van der Waals surface area contributed by atoms with E-state index in [1.165, 1.54) is 4.70 Å². The number of fused-ring (bicyclic) bond motifs is 1. The molecule has 3 nitrogen and oxygen atoms in total.